The highest BCUT2D eigenvalue weighted by atomic mass is 32.1. The van der Waals surface area contributed by atoms with Crippen LogP contribution in [0, 0.1) is 0 Å². The number of para-hydroxylation sites is 3. The Kier molecular flexibility index (Phi) is 8.30. The molecule has 0 aliphatic rings. The predicted octanol–water partition coefficient (Wildman–Crippen LogP) is 15.2. The number of rotatable bonds is 8. The smallest absolute Gasteiger partial charge is 0.137 e. The van der Waals surface area contributed by atoms with E-state index in [9.17, 15) is 0 Å². The van der Waals surface area contributed by atoms with Crippen molar-refractivity contribution in [2.24, 2.45) is 0 Å². The Hall–Kier alpha value is -7.47. The minimum atomic E-state index is 0.864. The summed E-state index contributed by atoms with van der Waals surface area (Å²) in [4.78, 5) is 9.26. The van der Waals surface area contributed by atoms with Crippen molar-refractivity contribution in [1.82, 2.24) is 9.55 Å². The number of anilines is 6. The van der Waals surface area contributed by atoms with Crippen LogP contribution in [-0.2, 0) is 0 Å². The first-order chi connectivity index (χ1) is 28.8. The van der Waals surface area contributed by atoms with E-state index >= 15 is 0 Å². The summed E-state index contributed by atoms with van der Waals surface area (Å²) in [7, 11) is 0. The normalized spacial score (nSPS) is 11.4. The zero-order chi connectivity index (χ0) is 38.4. The Morgan fingerprint density at radius 1 is 0.362 bits per heavy atom. The molecule has 11 aromatic rings. The molecule has 0 aliphatic carbocycles. The highest BCUT2D eigenvalue weighted by Gasteiger charge is 2.18. The van der Waals surface area contributed by atoms with E-state index in [1.54, 1.807) is 0 Å². The summed E-state index contributed by atoms with van der Waals surface area (Å²) in [5.41, 5.74) is 11.2. The topological polar surface area (TPSA) is 24.3 Å². The van der Waals surface area contributed by atoms with Gasteiger partial charge in [0.05, 0.1) is 11.0 Å². The van der Waals surface area contributed by atoms with Gasteiger partial charge < -0.3 is 9.47 Å². The van der Waals surface area contributed by atoms with Crippen molar-refractivity contribution < 1.29 is 0 Å². The van der Waals surface area contributed by atoms with Crippen LogP contribution in [0.3, 0.4) is 0 Å². The average molecular weight is 761 g/mol. The molecular weight excluding hydrogens is 725 g/mol. The molecule has 274 valence electrons. The van der Waals surface area contributed by atoms with Gasteiger partial charge in [-0.3, -0.25) is 4.90 Å². The van der Waals surface area contributed by atoms with Gasteiger partial charge in [-0.25, -0.2) is 4.98 Å². The molecule has 0 radical (unpaired) electrons. The van der Waals surface area contributed by atoms with Crippen molar-refractivity contribution in [3.8, 4) is 16.8 Å². The maximum Gasteiger partial charge on any atom is 0.137 e. The van der Waals surface area contributed by atoms with Gasteiger partial charge in [-0.15, -0.1) is 11.3 Å². The Labute approximate surface area is 340 Å². The molecule has 11 rings (SSSR count). The second kappa shape index (κ2) is 14.2. The quantitative estimate of drug-likeness (QED) is 0.154. The Balaban J connectivity index is 1.000. The van der Waals surface area contributed by atoms with Crippen LogP contribution < -0.4 is 9.80 Å². The van der Waals surface area contributed by atoms with Gasteiger partial charge in [0.2, 0.25) is 0 Å². The number of aromatic nitrogens is 2. The number of hydrogen-bond donors (Lipinski definition) is 0. The Morgan fingerprint density at radius 2 is 0.862 bits per heavy atom. The van der Waals surface area contributed by atoms with E-state index in [2.05, 4.69) is 202 Å². The summed E-state index contributed by atoms with van der Waals surface area (Å²) in [5.74, 6) is 0.864. The Bertz CT molecular complexity index is 3110. The monoisotopic (exact) mass is 760 g/mol. The molecule has 0 spiro atoms. The fourth-order valence-electron chi connectivity index (χ4n) is 8.33. The maximum absolute atomic E-state index is 4.73. The van der Waals surface area contributed by atoms with E-state index in [1.165, 1.54) is 53.1 Å². The highest BCUT2D eigenvalue weighted by molar-refractivity contribution is 7.25. The average Bonchev–Trinajstić information content (AvgIpc) is 3.84. The zero-order valence-electron chi connectivity index (χ0n) is 31.5. The van der Waals surface area contributed by atoms with Crippen molar-refractivity contribution in [3.63, 3.8) is 0 Å². The molecule has 0 saturated carbocycles. The standard InChI is InChI=1S/C53H36N4S/c1-2-12-39(13-3-1)56(53-20-10-11-35-54-53)43-30-26-41(27-31-43)55(40-24-21-37(22-25-40)38-23-34-48-47-16-6-9-19-51(47)58-52(48)36-38)42-28-32-44(33-29-42)57-49-17-7-4-14-45(49)46-15-5-8-18-50(46)57/h1-36H. The van der Waals surface area contributed by atoms with Crippen LogP contribution in [-0.4, -0.2) is 9.55 Å². The summed E-state index contributed by atoms with van der Waals surface area (Å²) in [6, 6.07) is 76.0. The van der Waals surface area contributed by atoms with Crippen LogP contribution in [0.25, 0.3) is 58.8 Å². The fraction of sp³-hybridized carbons (Fsp3) is 0. The van der Waals surface area contributed by atoms with Crippen molar-refractivity contribution in [3.05, 3.63) is 219 Å². The van der Waals surface area contributed by atoms with Crippen molar-refractivity contribution in [2.75, 3.05) is 9.80 Å². The Morgan fingerprint density at radius 3 is 1.52 bits per heavy atom. The van der Waals surface area contributed by atoms with Gasteiger partial charge in [-0.05, 0) is 120 Å². The molecule has 5 heteroatoms. The second-order valence-electron chi connectivity index (χ2n) is 14.5. The molecule has 0 aliphatic heterocycles. The molecule has 3 aromatic heterocycles. The van der Waals surface area contributed by atoms with Crippen molar-refractivity contribution in [2.45, 2.75) is 0 Å². The van der Waals surface area contributed by atoms with Gasteiger partial charge in [0.1, 0.15) is 5.82 Å². The molecule has 4 nitrogen and oxygen atoms in total. The molecule has 8 aromatic carbocycles. The van der Waals surface area contributed by atoms with E-state index in [-0.39, 0.29) is 0 Å². The van der Waals surface area contributed by atoms with Gasteiger partial charge in [0.25, 0.3) is 0 Å². The van der Waals surface area contributed by atoms with E-state index < -0.39 is 0 Å². The molecule has 0 bridgehead atoms. The summed E-state index contributed by atoms with van der Waals surface area (Å²) in [6.45, 7) is 0. The number of fused-ring (bicyclic) bond motifs is 6. The largest absolute Gasteiger partial charge is 0.311 e. The lowest BCUT2D eigenvalue weighted by molar-refractivity contribution is 1.17. The van der Waals surface area contributed by atoms with E-state index in [4.69, 9.17) is 4.98 Å². The first kappa shape index (κ1) is 33.8. The van der Waals surface area contributed by atoms with Crippen molar-refractivity contribution >= 4 is 87.6 Å². The first-order valence-corrected chi connectivity index (χ1v) is 20.4. The van der Waals surface area contributed by atoms with Gasteiger partial charge >= 0.3 is 0 Å². The maximum atomic E-state index is 4.73. The lowest BCUT2D eigenvalue weighted by Crippen LogP contribution is -2.13. The highest BCUT2D eigenvalue weighted by Crippen LogP contribution is 2.41. The number of nitrogens with zero attached hydrogens (tertiary/aromatic N) is 4. The summed E-state index contributed by atoms with van der Waals surface area (Å²) < 4.78 is 5.00. The minimum Gasteiger partial charge on any atom is -0.311 e. The van der Waals surface area contributed by atoms with Crippen molar-refractivity contribution in [1.29, 1.82) is 0 Å². The number of pyridine rings is 1. The molecule has 0 amide bonds. The molecule has 0 atom stereocenters. The SMILES string of the molecule is c1ccc(N(c2ccc(N(c3ccc(-c4ccc5c(c4)sc4ccccc45)cc3)c3ccc(-n4c5ccccc5c5ccccc54)cc3)cc2)c2ccccn2)cc1. The van der Waals surface area contributed by atoms with Crippen LogP contribution in [0.15, 0.2) is 219 Å². The van der Waals surface area contributed by atoms with Gasteiger partial charge in [-0.1, -0.05) is 103 Å². The molecule has 0 fully saturated rings. The van der Waals surface area contributed by atoms with Crippen LogP contribution in [0.5, 0.6) is 0 Å². The fourth-order valence-corrected chi connectivity index (χ4v) is 9.48. The predicted molar refractivity (Wildman–Crippen MR) is 246 cm³/mol. The van der Waals surface area contributed by atoms with E-state index in [0.29, 0.717) is 0 Å². The zero-order valence-corrected chi connectivity index (χ0v) is 32.3. The lowest BCUT2D eigenvalue weighted by Gasteiger charge is -2.28. The molecule has 58 heavy (non-hydrogen) atoms. The summed E-state index contributed by atoms with van der Waals surface area (Å²) in [6.07, 6.45) is 1.84. The summed E-state index contributed by atoms with van der Waals surface area (Å²) in [5, 5.41) is 5.15. The minimum absolute atomic E-state index is 0.864. The molecule has 0 unspecified atom stereocenters. The van der Waals surface area contributed by atoms with Gasteiger partial charge in [0.15, 0.2) is 0 Å². The number of hydrogen-bond acceptors (Lipinski definition) is 4. The van der Waals surface area contributed by atoms with Gasteiger partial charge in [0, 0.05) is 71.3 Å². The third-order valence-corrected chi connectivity index (χ3v) is 12.2. The van der Waals surface area contributed by atoms with Crippen LogP contribution in [0.4, 0.5) is 34.3 Å². The molecule has 0 N–H and O–H groups in total. The number of benzene rings is 8. The lowest BCUT2D eigenvalue weighted by atomic mass is 10.0. The molecule has 3 heterocycles. The van der Waals surface area contributed by atoms with E-state index in [1.807, 2.05) is 41.8 Å². The third-order valence-electron chi connectivity index (χ3n) is 11.0. The number of thiophene rings is 1. The third kappa shape index (κ3) is 5.88. The second-order valence-corrected chi connectivity index (χ2v) is 15.5. The molecular formula is C53H36N4S. The van der Waals surface area contributed by atoms with Crippen LogP contribution in [0.1, 0.15) is 0 Å². The van der Waals surface area contributed by atoms with Gasteiger partial charge in [-0.2, -0.15) is 0 Å². The van der Waals surface area contributed by atoms with E-state index in [0.717, 1.165) is 39.9 Å². The van der Waals surface area contributed by atoms with Crippen LogP contribution >= 0.6 is 11.3 Å². The molecule has 0 saturated heterocycles. The first-order valence-electron chi connectivity index (χ1n) is 19.5. The van der Waals surface area contributed by atoms with Crippen LogP contribution in [0.2, 0.25) is 0 Å². The summed E-state index contributed by atoms with van der Waals surface area (Å²) >= 11 is 1.86.